The minimum absolute atomic E-state index is 0.00695. The Hall–Kier alpha value is -0.570. The van der Waals surface area contributed by atoms with E-state index in [1.165, 1.54) is 25.7 Å². The van der Waals surface area contributed by atoms with Crippen LogP contribution in [0.25, 0.3) is 0 Å². The van der Waals surface area contributed by atoms with E-state index in [2.05, 4.69) is 38.3 Å². The predicted octanol–water partition coefficient (Wildman–Crippen LogP) is 2.32. The molecule has 2 fully saturated rings. The zero-order valence-corrected chi connectivity index (χ0v) is 12.3. The zero-order valence-electron chi connectivity index (χ0n) is 12.3. The Kier molecular flexibility index (Phi) is 4.00. The molecule has 4 atom stereocenters. The lowest BCUT2D eigenvalue weighted by atomic mass is 9.84. The van der Waals surface area contributed by atoms with E-state index in [0.29, 0.717) is 12.6 Å². The molecular formula is C15H28N2O. The van der Waals surface area contributed by atoms with Gasteiger partial charge in [0.2, 0.25) is 5.91 Å². The fourth-order valence-corrected chi connectivity index (χ4v) is 3.66. The van der Waals surface area contributed by atoms with Gasteiger partial charge in [0, 0.05) is 11.6 Å². The number of carbonyl (C=O) groups is 1. The summed E-state index contributed by atoms with van der Waals surface area (Å²) in [6, 6.07) is 0.342. The largest absolute Gasteiger partial charge is 0.352 e. The first-order valence-corrected chi connectivity index (χ1v) is 7.39. The molecule has 0 aromatic rings. The Morgan fingerprint density at radius 2 is 2.00 bits per heavy atom. The topological polar surface area (TPSA) is 41.1 Å². The van der Waals surface area contributed by atoms with Gasteiger partial charge < -0.3 is 10.6 Å². The highest BCUT2D eigenvalue weighted by Crippen LogP contribution is 2.49. The molecule has 2 rings (SSSR count). The number of hydrogen-bond acceptors (Lipinski definition) is 2. The van der Waals surface area contributed by atoms with Gasteiger partial charge in [-0.2, -0.15) is 0 Å². The lowest BCUT2D eigenvalue weighted by molar-refractivity contribution is -0.121. The van der Waals surface area contributed by atoms with Gasteiger partial charge in [-0.3, -0.25) is 4.79 Å². The maximum Gasteiger partial charge on any atom is 0.234 e. The first-order valence-electron chi connectivity index (χ1n) is 7.39. The molecule has 2 N–H and O–H groups in total. The lowest BCUT2D eigenvalue weighted by Crippen LogP contribution is -2.47. The first-order chi connectivity index (χ1) is 8.35. The van der Waals surface area contributed by atoms with Crippen molar-refractivity contribution in [1.82, 2.24) is 10.6 Å². The van der Waals surface area contributed by atoms with E-state index < -0.39 is 0 Å². The summed E-state index contributed by atoms with van der Waals surface area (Å²) in [6.45, 7) is 8.86. The molecule has 3 heteroatoms. The highest BCUT2D eigenvalue weighted by molar-refractivity contribution is 5.78. The summed E-state index contributed by atoms with van der Waals surface area (Å²) in [7, 11) is 0. The second-order valence-electron chi connectivity index (χ2n) is 7.30. The molecule has 0 aliphatic heterocycles. The molecule has 2 bridgehead atoms. The summed E-state index contributed by atoms with van der Waals surface area (Å²) in [6.07, 6.45) is 5.55. The Bertz CT molecular complexity index is 308. The number of nitrogens with one attached hydrogen (secondary N) is 2. The predicted molar refractivity (Wildman–Crippen MR) is 74.3 cm³/mol. The molecule has 0 unspecified atom stereocenters. The molecule has 104 valence electrons. The molecule has 2 aliphatic carbocycles. The van der Waals surface area contributed by atoms with Crippen molar-refractivity contribution in [3.05, 3.63) is 0 Å². The summed E-state index contributed by atoms with van der Waals surface area (Å²) >= 11 is 0. The van der Waals surface area contributed by atoms with E-state index >= 15 is 0 Å². The average molecular weight is 252 g/mol. The van der Waals surface area contributed by atoms with Crippen molar-refractivity contribution in [2.45, 2.75) is 65.0 Å². The number of fused-ring (bicyclic) bond motifs is 2. The third-order valence-electron chi connectivity index (χ3n) is 4.60. The van der Waals surface area contributed by atoms with Crippen LogP contribution in [-0.2, 0) is 4.79 Å². The highest BCUT2D eigenvalue weighted by atomic mass is 16.2. The van der Waals surface area contributed by atoms with Gasteiger partial charge in [0.25, 0.3) is 0 Å². The van der Waals surface area contributed by atoms with Crippen LogP contribution in [0.5, 0.6) is 0 Å². The maximum absolute atomic E-state index is 11.9. The molecule has 2 aliphatic rings. The Labute approximate surface area is 111 Å². The van der Waals surface area contributed by atoms with Gasteiger partial charge in [-0.1, -0.05) is 6.42 Å². The van der Waals surface area contributed by atoms with E-state index in [1.807, 2.05) is 0 Å². The van der Waals surface area contributed by atoms with Crippen molar-refractivity contribution in [1.29, 1.82) is 0 Å². The molecule has 0 saturated heterocycles. The van der Waals surface area contributed by atoms with Gasteiger partial charge >= 0.3 is 0 Å². The van der Waals surface area contributed by atoms with Gasteiger partial charge in [-0.05, 0) is 64.7 Å². The maximum atomic E-state index is 11.9. The van der Waals surface area contributed by atoms with Crippen LogP contribution in [0.15, 0.2) is 0 Å². The molecule has 0 radical (unpaired) electrons. The quantitative estimate of drug-likeness (QED) is 0.806. The van der Waals surface area contributed by atoms with Gasteiger partial charge in [0.15, 0.2) is 0 Å². The minimum atomic E-state index is 0.00695. The van der Waals surface area contributed by atoms with Crippen LogP contribution < -0.4 is 10.6 Å². The smallest absolute Gasteiger partial charge is 0.234 e. The molecule has 0 aromatic carbocycles. The van der Waals surface area contributed by atoms with Gasteiger partial charge in [-0.15, -0.1) is 0 Å². The Balaban J connectivity index is 1.74. The molecule has 2 saturated carbocycles. The third-order valence-corrected chi connectivity index (χ3v) is 4.60. The van der Waals surface area contributed by atoms with Crippen LogP contribution >= 0.6 is 0 Å². The van der Waals surface area contributed by atoms with E-state index in [4.69, 9.17) is 0 Å². The second-order valence-corrected chi connectivity index (χ2v) is 7.30. The van der Waals surface area contributed by atoms with Crippen molar-refractivity contribution in [3.8, 4) is 0 Å². The fraction of sp³-hybridized carbons (Fsp3) is 0.933. The summed E-state index contributed by atoms with van der Waals surface area (Å²) in [5.74, 6) is 2.69. The summed E-state index contributed by atoms with van der Waals surface area (Å²) in [4.78, 5) is 11.9. The normalized spacial score (nSPS) is 32.6. The fourth-order valence-electron chi connectivity index (χ4n) is 3.66. The van der Waals surface area contributed by atoms with Crippen molar-refractivity contribution in [2.75, 3.05) is 6.54 Å². The average Bonchev–Trinajstić information content (AvgIpc) is 2.87. The van der Waals surface area contributed by atoms with Crippen LogP contribution in [0, 0.1) is 17.8 Å². The van der Waals surface area contributed by atoms with Gasteiger partial charge in [0.1, 0.15) is 0 Å². The standard InChI is InChI=1S/C15H28N2O/c1-10(13-8-11-5-6-12(13)7-11)17-14(18)9-16-15(2,3)4/h10-13,16H,5-9H2,1-4H3,(H,17,18)/t10-,11-,12-,13-/m1/s1. The monoisotopic (exact) mass is 252 g/mol. The molecular weight excluding hydrogens is 224 g/mol. The summed E-state index contributed by atoms with van der Waals surface area (Å²) in [5.41, 5.74) is 0.00695. The number of hydrogen-bond donors (Lipinski definition) is 2. The minimum Gasteiger partial charge on any atom is -0.352 e. The number of rotatable bonds is 4. The molecule has 0 aromatic heterocycles. The van der Waals surface area contributed by atoms with Crippen LogP contribution in [0.3, 0.4) is 0 Å². The molecule has 1 amide bonds. The first kappa shape index (κ1) is 13.9. The van der Waals surface area contributed by atoms with E-state index in [0.717, 1.165) is 17.8 Å². The van der Waals surface area contributed by atoms with E-state index in [9.17, 15) is 4.79 Å². The second kappa shape index (κ2) is 5.20. The summed E-state index contributed by atoms with van der Waals surface area (Å²) < 4.78 is 0. The molecule has 3 nitrogen and oxygen atoms in total. The van der Waals surface area contributed by atoms with Crippen LogP contribution in [-0.4, -0.2) is 24.0 Å². The Morgan fingerprint density at radius 1 is 1.28 bits per heavy atom. The summed E-state index contributed by atoms with van der Waals surface area (Å²) in [5, 5.41) is 6.42. The van der Waals surface area contributed by atoms with Gasteiger partial charge in [0.05, 0.1) is 6.54 Å². The highest BCUT2D eigenvalue weighted by Gasteiger charge is 2.42. The molecule has 0 spiro atoms. The van der Waals surface area contributed by atoms with Crippen molar-refractivity contribution >= 4 is 5.91 Å². The van der Waals surface area contributed by atoms with E-state index in [1.54, 1.807) is 0 Å². The Morgan fingerprint density at radius 3 is 2.50 bits per heavy atom. The van der Waals surface area contributed by atoms with E-state index in [-0.39, 0.29) is 11.4 Å². The molecule has 18 heavy (non-hydrogen) atoms. The lowest BCUT2D eigenvalue weighted by Gasteiger charge is -2.29. The number of amides is 1. The number of carbonyl (C=O) groups excluding carboxylic acids is 1. The third kappa shape index (κ3) is 3.47. The zero-order chi connectivity index (χ0) is 13.3. The van der Waals surface area contributed by atoms with Crippen molar-refractivity contribution < 1.29 is 4.79 Å². The van der Waals surface area contributed by atoms with Crippen molar-refractivity contribution in [2.24, 2.45) is 17.8 Å². The van der Waals surface area contributed by atoms with Crippen LogP contribution in [0.2, 0.25) is 0 Å². The molecule has 0 heterocycles. The van der Waals surface area contributed by atoms with Crippen LogP contribution in [0.1, 0.15) is 53.4 Å². The SMILES string of the molecule is C[C@@H](NC(=O)CNC(C)(C)C)[C@H]1C[C@@H]2CC[C@@H]1C2. The van der Waals surface area contributed by atoms with Crippen molar-refractivity contribution in [3.63, 3.8) is 0 Å². The van der Waals surface area contributed by atoms with Crippen LogP contribution in [0.4, 0.5) is 0 Å². The van der Waals surface area contributed by atoms with Gasteiger partial charge in [-0.25, -0.2) is 0 Å².